The van der Waals surface area contributed by atoms with Gasteiger partial charge in [0.1, 0.15) is 11.9 Å². The quantitative estimate of drug-likeness (QED) is 0.800. The Labute approximate surface area is 139 Å². The lowest BCUT2D eigenvalue weighted by Crippen LogP contribution is -2.37. The van der Waals surface area contributed by atoms with Gasteiger partial charge in [0.2, 0.25) is 0 Å². The maximum atomic E-state index is 12.0. The third-order valence-electron chi connectivity index (χ3n) is 4.36. The Hall–Kier alpha value is -2.73. The molecule has 0 spiro atoms. The molecule has 0 aliphatic carbocycles. The van der Waals surface area contributed by atoms with E-state index >= 15 is 0 Å². The zero-order valence-corrected chi connectivity index (χ0v) is 13.3. The van der Waals surface area contributed by atoms with E-state index in [-0.39, 0.29) is 17.6 Å². The topological polar surface area (TPSA) is 69.0 Å². The van der Waals surface area contributed by atoms with E-state index in [0.717, 1.165) is 22.3 Å². The van der Waals surface area contributed by atoms with E-state index in [0.29, 0.717) is 13.2 Å². The van der Waals surface area contributed by atoms with Crippen molar-refractivity contribution in [2.24, 2.45) is 0 Å². The van der Waals surface area contributed by atoms with Gasteiger partial charge >= 0.3 is 0 Å². The normalized spacial score (nSPS) is 20.4. The van der Waals surface area contributed by atoms with E-state index in [1.54, 1.807) is 12.3 Å². The van der Waals surface area contributed by atoms with Gasteiger partial charge in [-0.15, -0.1) is 0 Å². The number of fused-ring (bicyclic) bond motifs is 1. The van der Waals surface area contributed by atoms with Crippen LogP contribution in [-0.2, 0) is 4.74 Å². The highest BCUT2D eigenvalue weighted by Gasteiger charge is 2.31. The van der Waals surface area contributed by atoms with Gasteiger partial charge in [-0.3, -0.25) is 4.79 Å². The van der Waals surface area contributed by atoms with Crippen molar-refractivity contribution in [1.29, 1.82) is 0 Å². The highest BCUT2D eigenvalue weighted by molar-refractivity contribution is 5.83. The Bertz CT molecular complexity index is 937. The van der Waals surface area contributed by atoms with Gasteiger partial charge in [-0.1, -0.05) is 18.2 Å². The number of para-hydroxylation sites is 1. The summed E-state index contributed by atoms with van der Waals surface area (Å²) < 4.78 is 7.06. The van der Waals surface area contributed by atoms with Gasteiger partial charge in [0.25, 0.3) is 5.56 Å². The molecule has 0 saturated carbocycles. The number of aromatic nitrogens is 3. The second-order valence-electron chi connectivity index (χ2n) is 6.00. The molecule has 6 nitrogen and oxygen atoms in total. The molecule has 3 heterocycles. The second kappa shape index (κ2) is 6.05. The van der Waals surface area contributed by atoms with E-state index in [9.17, 15) is 4.79 Å². The zero-order chi connectivity index (χ0) is 16.5. The average molecular weight is 322 g/mol. The highest BCUT2D eigenvalue weighted by Crippen LogP contribution is 2.24. The molecule has 1 N–H and O–H groups in total. The number of nitrogens with zero attached hydrogens (tertiary/aromatic N) is 3. The van der Waals surface area contributed by atoms with Crippen LogP contribution in [0.3, 0.4) is 0 Å². The number of hydrogen-bond donors (Lipinski definition) is 1. The van der Waals surface area contributed by atoms with Gasteiger partial charge in [0, 0.05) is 17.6 Å². The molecular weight excluding hydrogens is 304 g/mol. The van der Waals surface area contributed by atoms with Crippen LogP contribution in [0.5, 0.6) is 0 Å². The summed E-state index contributed by atoms with van der Waals surface area (Å²) in [6, 6.07) is 13.0. The minimum atomic E-state index is -0.146. The van der Waals surface area contributed by atoms with Gasteiger partial charge in [0.15, 0.2) is 0 Å². The Balaban J connectivity index is 1.65. The summed E-state index contributed by atoms with van der Waals surface area (Å²) in [6.07, 6.45) is 1.62. The van der Waals surface area contributed by atoms with Crippen molar-refractivity contribution >= 4 is 16.7 Å². The first-order chi connectivity index (χ1) is 11.7. The maximum Gasteiger partial charge on any atom is 0.267 e. The molecule has 1 aliphatic rings. The molecule has 1 fully saturated rings. The minimum Gasteiger partial charge on any atom is -0.377 e. The Morgan fingerprint density at radius 1 is 1.21 bits per heavy atom. The summed E-state index contributed by atoms with van der Waals surface area (Å²) in [5.41, 5.74) is 1.99. The number of nitrogens with one attached hydrogen (secondary N) is 1. The SMILES string of the molecule is Cc1cc(NC2COCC2n2ncccc2=O)nc2ccccc12. The van der Waals surface area contributed by atoms with Crippen LogP contribution in [0.4, 0.5) is 5.82 Å². The van der Waals surface area contributed by atoms with Gasteiger partial charge in [-0.05, 0) is 30.7 Å². The van der Waals surface area contributed by atoms with E-state index in [1.807, 2.05) is 24.3 Å². The molecule has 0 amide bonds. The smallest absolute Gasteiger partial charge is 0.267 e. The summed E-state index contributed by atoms with van der Waals surface area (Å²) in [7, 11) is 0. The van der Waals surface area contributed by atoms with Gasteiger partial charge in [0.05, 0.1) is 24.8 Å². The average Bonchev–Trinajstić information content (AvgIpc) is 3.03. The van der Waals surface area contributed by atoms with Crippen LogP contribution in [0, 0.1) is 6.92 Å². The fourth-order valence-electron chi connectivity index (χ4n) is 3.15. The van der Waals surface area contributed by atoms with E-state index < -0.39 is 0 Å². The fourth-order valence-corrected chi connectivity index (χ4v) is 3.15. The first kappa shape index (κ1) is 14.8. The molecule has 122 valence electrons. The largest absolute Gasteiger partial charge is 0.377 e. The molecule has 0 radical (unpaired) electrons. The Morgan fingerprint density at radius 3 is 2.96 bits per heavy atom. The first-order valence-corrected chi connectivity index (χ1v) is 7.97. The van der Waals surface area contributed by atoms with Crippen LogP contribution >= 0.6 is 0 Å². The Kier molecular flexibility index (Phi) is 3.74. The van der Waals surface area contributed by atoms with Crippen LogP contribution in [0.1, 0.15) is 11.6 Å². The summed E-state index contributed by atoms with van der Waals surface area (Å²) in [4.78, 5) is 16.7. The molecule has 6 heteroatoms. The number of ether oxygens (including phenoxy) is 1. The van der Waals surface area contributed by atoms with Crippen molar-refractivity contribution < 1.29 is 4.74 Å². The molecule has 1 aromatic carbocycles. The van der Waals surface area contributed by atoms with Crippen molar-refractivity contribution in [1.82, 2.24) is 14.8 Å². The van der Waals surface area contributed by atoms with Crippen LogP contribution in [0.15, 0.2) is 53.5 Å². The van der Waals surface area contributed by atoms with Crippen molar-refractivity contribution in [2.45, 2.75) is 19.0 Å². The summed E-state index contributed by atoms with van der Waals surface area (Å²) in [5, 5.41) is 8.74. The fraction of sp³-hybridized carbons (Fsp3) is 0.278. The predicted molar refractivity (Wildman–Crippen MR) is 92.2 cm³/mol. The monoisotopic (exact) mass is 322 g/mol. The molecule has 0 bridgehead atoms. The summed E-state index contributed by atoms with van der Waals surface area (Å²) in [5.74, 6) is 0.788. The van der Waals surface area contributed by atoms with E-state index in [4.69, 9.17) is 4.74 Å². The molecule has 1 saturated heterocycles. The molecular formula is C18H18N4O2. The number of benzene rings is 1. The Morgan fingerprint density at radius 2 is 2.08 bits per heavy atom. The zero-order valence-electron chi connectivity index (χ0n) is 13.3. The number of anilines is 1. The number of pyridine rings is 1. The lowest BCUT2D eigenvalue weighted by Gasteiger charge is -2.21. The van der Waals surface area contributed by atoms with Crippen LogP contribution in [0.2, 0.25) is 0 Å². The van der Waals surface area contributed by atoms with Crippen LogP contribution < -0.4 is 10.9 Å². The standard InChI is InChI=1S/C18H18N4O2/c1-12-9-17(20-14-6-3-2-5-13(12)14)21-15-10-24-11-16(15)22-18(23)7-4-8-19-22/h2-9,15-16H,10-11H2,1H3,(H,20,21). The van der Waals surface area contributed by atoms with Gasteiger partial charge in [-0.2, -0.15) is 5.10 Å². The van der Waals surface area contributed by atoms with Crippen LogP contribution in [0.25, 0.3) is 10.9 Å². The van der Waals surface area contributed by atoms with Crippen molar-refractivity contribution in [2.75, 3.05) is 18.5 Å². The molecule has 2 aromatic heterocycles. The predicted octanol–water partition coefficient (Wildman–Crippen LogP) is 2.15. The summed E-state index contributed by atoms with van der Waals surface area (Å²) in [6.45, 7) is 3.05. The molecule has 2 unspecified atom stereocenters. The van der Waals surface area contributed by atoms with Crippen molar-refractivity contribution in [3.8, 4) is 0 Å². The molecule has 1 aliphatic heterocycles. The van der Waals surface area contributed by atoms with E-state index in [2.05, 4.69) is 28.4 Å². The van der Waals surface area contributed by atoms with E-state index in [1.165, 1.54) is 10.7 Å². The van der Waals surface area contributed by atoms with Crippen molar-refractivity contribution in [3.63, 3.8) is 0 Å². The first-order valence-electron chi connectivity index (χ1n) is 7.97. The lowest BCUT2D eigenvalue weighted by atomic mass is 10.1. The molecule has 24 heavy (non-hydrogen) atoms. The molecule has 4 rings (SSSR count). The maximum absolute atomic E-state index is 12.0. The minimum absolute atomic E-state index is 0.0503. The second-order valence-corrected chi connectivity index (χ2v) is 6.00. The van der Waals surface area contributed by atoms with Gasteiger partial charge < -0.3 is 10.1 Å². The van der Waals surface area contributed by atoms with Gasteiger partial charge in [-0.25, -0.2) is 9.67 Å². The molecule has 3 aromatic rings. The number of hydrogen-bond acceptors (Lipinski definition) is 5. The third kappa shape index (κ3) is 2.65. The van der Waals surface area contributed by atoms with Crippen LogP contribution in [-0.4, -0.2) is 34.0 Å². The molecule has 2 atom stereocenters. The lowest BCUT2D eigenvalue weighted by molar-refractivity contribution is 0.182. The van der Waals surface area contributed by atoms with Crippen molar-refractivity contribution in [3.05, 3.63) is 64.6 Å². The third-order valence-corrected chi connectivity index (χ3v) is 4.36. The summed E-state index contributed by atoms with van der Waals surface area (Å²) >= 11 is 0. The number of aryl methyl sites for hydroxylation is 1. The number of rotatable bonds is 3. The highest BCUT2D eigenvalue weighted by atomic mass is 16.5.